The highest BCUT2D eigenvalue weighted by Crippen LogP contribution is 2.26. The molecule has 0 heterocycles. The first-order valence-electron chi connectivity index (χ1n) is 5.41. The number of aryl methyl sites for hydroxylation is 1. The van der Waals surface area contributed by atoms with Gasteiger partial charge in [-0.3, -0.25) is 4.74 Å². The number of alkyl halides is 3. The van der Waals surface area contributed by atoms with E-state index >= 15 is 0 Å². The molecule has 1 atom stereocenters. The maximum Gasteiger partial charge on any atom is 0.522 e. The molecule has 0 bridgehead atoms. The van der Waals surface area contributed by atoms with Gasteiger partial charge in [-0.1, -0.05) is 12.1 Å². The number of hydrogen-bond acceptors (Lipinski definition) is 3. The molecule has 18 heavy (non-hydrogen) atoms. The molecule has 3 nitrogen and oxygen atoms in total. The molecule has 0 radical (unpaired) electrons. The Balaban J connectivity index is 2.58. The van der Waals surface area contributed by atoms with Crippen molar-refractivity contribution in [3.8, 4) is 5.75 Å². The molecule has 0 saturated heterocycles. The predicted octanol–water partition coefficient (Wildman–Crippen LogP) is 2.96. The van der Waals surface area contributed by atoms with E-state index in [1.165, 1.54) is 0 Å². The van der Waals surface area contributed by atoms with Crippen molar-refractivity contribution >= 4 is 0 Å². The minimum atomic E-state index is -4.65. The second-order valence-corrected chi connectivity index (χ2v) is 3.86. The molecule has 0 aliphatic carbocycles. The fraction of sp³-hybridized carbons (Fsp3) is 0.500. The quantitative estimate of drug-likeness (QED) is 0.831. The molecular weight excluding hydrogens is 249 g/mol. The number of aliphatic hydroxyl groups excluding tert-OH is 1. The second kappa shape index (κ2) is 6.06. The van der Waals surface area contributed by atoms with Gasteiger partial charge in [-0.2, -0.15) is 0 Å². The number of benzene rings is 1. The van der Waals surface area contributed by atoms with Gasteiger partial charge < -0.3 is 9.84 Å². The van der Waals surface area contributed by atoms with Gasteiger partial charge in [0.15, 0.2) is 0 Å². The molecular formula is C12H15F3O3. The van der Waals surface area contributed by atoms with Crippen LogP contribution in [0.15, 0.2) is 18.2 Å². The monoisotopic (exact) mass is 264 g/mol. The molecule has 0 aliphatic rings. The largest absolute Gasteiger partial charge is 0.522 e. The van der Waals surface area contributed by atoms with Gasteiger partial charge in [-0.25, -0.2) is 0 Å². The number of ether oxygens (including phenoxy) is 2. The van der Waals surface area contributed by atoms with Gasteiger partial charge in [-0.05, 0) is 25.5 Å². The first kappa shape index (κ1) is 14.8. The lowest BCUT2D eigenvalue weighted by atomic mass is 10.1. The average Bonchev–Trinajstić information content (AvgIpc) is 2.22. The zero-order valence-corrected chi connectivity index (χ0v) is 10.1. The van der Waals surface area contributed by atoms with Gasteiger partial charge in [0, 0.05) is 5.56 Å². The number of hydrogen-bond donors (Lipinski definition) is 1. The van der Waals surface area contributed by atoms with Crippen molar-refractivity contribution in [2.75, 3.05) is 13.2 Å². The van der Waals surface area contributed by atoms with Crippen LogP contribution >= 0.6 is 0 Å². The molecule has 0 amide bonds. The molecule has 0 aromatic heterocycles. The first-order chi connectivity index (χ1) is 8.29. The Bertz CT molecular complexity index is 389. The minimum absolute atomic E-state index is 0.233. The normalized spacial score (nSPS) is 13.4. The molecule has 0 saturated carbocycles. The zero-order valence-electron chi connectivity index (χ0n) is 10.1. The summed E-state index contributed by atoms with van der Waals surface area (Å²) < 4.78 is 44.0. The van der Waals surface area contributed by atoms with Crippen molar-refractivity contribution < 1.29 is 27.8 Å². The van der Waals surface area contributed by atoms with Crippen LogP contribution in [-0.2, 0) is 4.74 Å². The average molecular weight is 264 g/mol. The lowest BCUT2D eigenvalue weighted by molar-refractivity contribution is -0.325. The van der Waals surface area contributed by atoms with E-state index in [9.17, 15) is 18.3 Å². The topological polar surface area (TPSA) is 38.7 Å². The molecule has 0 aliphatic heterocycles. The SMILES string of the molecule is Cc1ccc([C@H](C)O)c(OCCOC(F)(F)F)c1. The molecule has 6 heteroatoms. The summed E-state index contributed by atoms with van der Waals surface area (Å²) in [5, 5.41) is 9.49. The van der Waals surface area contributed by atoms with Crippen LogP contribution in [0.5, 0.6) is 5.75 Å². The summed E-state index contributed by atoms with van der Waals surface area (Å²) in [6, 6.07) is 5.14. The van der Waals surface area contributed by atoms with E-state index < -0.39 is 19.1 Å². The Hall–Kier alpha value is -1.27. The zero-order chi connectivity index (χ0) is 13.8. The van der Waals surface area contributed by atoms with Crippen molar-refractivity contribution in [1.82, 2.24) is 0 Å². The van der Waals surface area contributed by atoms with Crippen LogP contribution in [0.2, 0.25) is 0 Å². The van der Waals surface area contributed by atoms with Crippen LogP contribution in [0.4, 0.5) is 13.2 Å². The molecule has 1 rings (SSSR count). The van der Waals surface area contributed by atoms with E-state index in [0.29, 0.717) is 11.3 Å². The Morgan fingerprint density at radius 1 is 1.28 bits per heavy atom. The Labute approximate surface area is 103 Å². The maximum absolute atomic E-state index is 11.7. The lowest BCUT2D eigenvalue weighted by Crippen LogP contribution is -2.18. The van der Waals surface area contributed by atoms with Crippen molar-refractivity contribution in [3.05, 3.63) is 29.3 Å². The third-order valence-corrected chi connectivity index (χ3v) is 2.23. The van der Waals surface area contributed by atoms with Crippen molar-refractivity contribution in [1.29, 1.82) is 0 Å². The van der Waals surface area contributed by atoms with Gasteiger partial charge in [-0.15, -0.1) is 13.2 Å². The summed E-state index contributed by atoms with van der Waals surface area (Å²) in [5.74, 6) is 0.371. The fourth-order valence-corrected chi connectivity index (χ4v) is 1.42. The van der Waals surface area contributed by atoms with E-state index in [1.807, 2.05) is 6.92 Å². The summed E-state index contributed by atoms with van der Waals surface area (Å²) in [7, 11) is 0. The minimum Gasteiger partial charge on any atom is -0.491 e. The molecule has 0 unspecified atom stereocenters. The second-order valence-electron chi connectivity index (χ2n) is 3.86. The van der Waals surface area contributed by atoms with Gasteiger partial charge in [0.1, 0.15) is 12.4 Å². The Morgan fingerprint density at radius 3 is 2.50 bits per heavy atom. The third-order valence-electron chi connectivity index (χ3n) is 2.23. The van der Waals surface area contributed by atoms with Crippen molar-refractivity contribution in [2.24, 2.45) is 0 Å². The Morgan fingerprint density at radius 2 is 1.94 bits per heavy atom. The molecule has 102 valence electrons. The first-order valence-corrected chi connectivity index (χ1v) is 5.41. The summed E-state index contributed by atoms with van der Waals surface area (Å²) in [6.45, 7) is 2.56. The summed E-state index contributed by atoms with van der Waals surface area (Å²) in [5.41, 5.74) is 1.43. The highest BCUT2D eigenvalue weighted by molar-refractivity contribution is 5.38. The van der Waals surface area contributed by atoms with Crippen LogP contribution < -0.4 is 4.74 Å². The molecule has 1 aromatic rings. The lowest BCUT2D eigenvalue weighted by Gasteiger charge is -2.14. The summed E-state index contributed by atoms with van der Waals surface area (Å²) >= 11 is 0. The predicted molar refractivity (Wildman–Crippen MR) is 59.3 cm³/mol. The van der Waals surface area contributed by atoms with Crippen LogP contribution in [0.3, 0.4) is 0 Å². The fourth-order valence-electron chi connectivity index (χ4n) is 1.42. The third kappa shape index (κ3) is 4.93. The number of aliphatic hydroxyl groups is 1. The highest BCUT2D eigenvalue weighted by Gasteiger charge is 2.28. The highest BCUT2D eigenvalue weighted by atomic mass is 19.4. The molecule has 0 spiro atoms. The smallest absolute Gasteiger partial charge is 0.491 e. The Kier molecular flexibility index (Phi) is 4.98. The van der Waals surface area contributed by atoms with Crippen molar-refractivity contribution in [3.63, 3.8) is 0 Å². The molecule has 1 aromatic carbocycles. The van der Waals surface area contributed by atoms with Crippen LogP contribution in [0, 0.1) is 6.92 Å². The van der Waals surface area contributed by atoms with Crippen LogP contribution in [-0.4, -0.2) is 24.7 Å². The van der Waals surface area contributed by atoms with Crippen molar-refractivity contribution in [2.45, 2.75) is 26.3 Å². The van der Waals surface area contributed by atoms with E-state index in [4.69, 9.17) is 4.74 Å². The number of rotatable bonds is 5. The van der Waals surface area contributed by atoms with Gasteiger partial charge in [0.05, 0.1) is 12.7 Å². The molecule has 0 fully saturated rings. The van der Waals surface area contributed by atoms with E-state index in [1.54, 1.807) is 25.1 Å². The molecule has 1 N–H and O–H groups in total. The summed E-state index contributed by atoms with van der Waals surface area (Å²) in [4.78, 5) is 0. The van der Waals surface area contributed by atoms with Crippen LogP contribution in [0.1, 0.15) is 24.2 Å². The van der Waals surface area contributed by atoms with Gasteiger partial charge in [0.2, 0.25) is 0 Å². The summed E-state index contributed by atoms with van der Waals surface area (Å²) in [6.07, 6.45) is -5.40. The van der Waals surface area contributed by atoms with Gasteiger partial charge in [0.25, 0.3) is 0 Å². The number of halogens is 3. The van der Waals surface area contributed by atoms with E-state index in [-0.39, 0.29) is 6.61 Å². The van der Waals surface area contributed by atoms with Gasteiger partial charge >= 0.3 is 6.36 Å². The standard InChI is InChI=1S/C12H15F3O3/c1-8-3-4-10(9(2)16)11(7-8)17-5-6-18-12(13,14)15/h3-4,7,9,16H,5-6H2,1-2H3/t9-/m0/s1. The van der Waals surface area contributed by atoms with E-state index in [2.05, 4.69) is 4.74 Å². The van der Waals surface area contributed by atoms with Crippen LogP contribution in [0.25, 0.3) is 0 Å². The van der Waals surface area contributed by atoms with E-state index in [0.717, 1.165) is 5.56 Å². The maximum atomic E-state index is 11.7.